The molecule has 156 valence electrons. The molecule has 0 atom stereocenters. The Morgan fingerprint density at radius 2 is 1.66 bits per heavy atom. The van der Waals surface area contributed by atoms with E-state index >= 15 is 0 Å². The molecule has 1 aliphatic rings. The van der Waals surface area contributed by atoms with Crippen LogP contribution in [0.2, 0.25) is 0 Å². The Bertz CT molecular complexity index is 817. The van der Waals surface area contributed by atoms with Crippen LogP contribution in [0.3, 0.4) is 0 Å². The largest absolute Gasteiger partial charge is 0.573 e. The van der Waals surface area contributed by atoms with E-state index in [0.29, 0.717) is 45.6 Å². The van der Waals surface area contributed by atoms with Crippen LogP contribution < -0.4 is 4.74 Å². The first kappa shape index (κ1) is 21.0. The first-order chi connectivity index (χ1) is 13.8. The number of nitrogens with zero attached hydrogens (tertiary/aromatic N) is 2. The number of carbonyl (C=O) groups excluding carboxylic acids is 1. The molecule has 1 N–H and O–H groups in total. The molecule has 2 aromatic rings. The van der Waals surface area contributed by atoms with Crippen LogP contribution in [0.4, 0.5) is 13.2 Å². The monoisotopic (exact) mass is 408 g/mol. The lowest BCUT2D eigenvalue weighted by Gasteiger charge is -2.35. The average molecular weight is 408 g/mol. The molecule has 0 unspecified atom stereocenters. The number of alkyl halides is 3. The van der Waals surface area contributed by atoms with E-state index in [1.165, 1.54) is 12.1 Å². The first-order valence-electron chi connectivity index (χ1n) is 9.42. The Morgan fingerprint density at radius 1 is 1.00 bits per heavy atom. The summed E-state index contributed by atoms with van der Waals surface area (Å²) in [4.78, 5) is 16.4. The Morgan fingerprint density at radius 3 is 2.28 bits per heavy atom. The van der Waals surface area contributed by atoms with Gasteiger partial charge in [-0.25, -0.2) is 0 Å². The molecule has 1 saturated heterocycles. The van der Waals surface area contributed by atoms with Gasteiger partial charge in [-0.1, -0.05) is 30.3 Å². The van der Waals surface area contributed by atoms with Gasteiger partial charge in [-0.05, 0) is 35.7 Å². The minimum atomic E-state index is -4.69. The number of hydrogen-bond donors (Lipinski definition) is 1. The number of para-hydroxylation sites is 1. The zero-order valence-electron chi connectivity index (χ0n) is 15.9. The number of rotatable bonds is 6. The van der Waals surface area contributed by atoms with E-state index in [1.54, 1.807) is 24.3 Å². The molecule has 0 bridgehead atoms. The number of phenolic OH excluding ortho intramolecular Hbond substituents is 1. The molecule has 0 radical (unpaired) electrons. The highest BCUT2D eigenvalue weighted by atomic mass is 19.4. The number of aromatic hydroxyl groups is 1. The third-order valence-corrected chi connectivity index (χ3v) is 4.89. The highest BCUT2D eigenvalue weighted by molar-refractivity contribution is 5.76. The summed E-state index contributed by atoms with van der Waals surface area (Å²) in [6.45, 7) is 3.21. The number of piperazine rings is 1. The number of aryl methyl sites for hydroxylation is 1. The van der Waals surface area contributed by atoms with E-state index in [1.807, 2.05) is 17.0 Å². The van der Waals surface area contributed by atoms with Crippen molar-refractivity contribution in [3.8, 4) is 11.5 Å². The van der Waals surface area contributed by atoms with E-state index in [2.05, 4.69) is 9.64 Å². The molecule has 5 nitrogen and oxygen atoms in total. The van der Waals surface area contributed by atoms with Crippen molar-refractivity contribution >= 4 is 5.91 Å². The van der Waals surface area contributed by atoms with Crippen molar-refractivity contribution in [3.63, 3.8) is 0 Å². The minimum Gasteiger partial charge on any atom is -0.508 e. The van der Waals surface area contributed by atoms with Crippen LogP contribution in [-0.2, 0) is 17.8 Å². The SMILES string of the molecule is O=C(CCc1ccccc1O)N1CCN(Cc2ccc(OC(F)(F)F)cc2)CC1. The molecule has 2 aromatic carbocycles. The van der Waals surface area contributed by atoms with Crippen molar-refractivity contribution in [2.75, 3.05) is 26.2 Å². The number of amides is 1. The van der Waals surface area contributed by atoms with Crippen LogP contribution in [-0.4, -0.2) is 53.4 Å². The van der Waals surface area contributed by atoms with Gasteiger partial charge in [0.05, 0.1) is 0 Å². The summed E-state index contributed by atoms with van der Waals surface area (Å²) in [5, 5.41) is 9.79. The molecule has 0 saturated carbocycles. The van der Waals surface area contributed by atoms with Crippen molar-refractivity contribution in [3.05, 3.63) is 59.7 Å². The summed E-state index contributed by atoms with van der Waals surface area (Å²) in [6.07, 6.45) is -3.85. The van der Waals surface area contributed by atoms with Gasteiger partial charge in [-0.15, -0.1) is 13.2 Å². The fraction of sp³-hybridized carbons (Fsp3) is 0.381. The van der Waals surface area contributed by atoms with Gasteiger partial charge in [-0.2, -0.15) is 0 Å². The lowest BCUT2D eigenvalue weighted by atomic mass is 10.1. The zero-order chi connectivity index (χ0) is 20.9. The van der Waals surface area contributed by atoms with Crippen molar-refractivity contribution in [2.45, 2.75) is 25.7 Å². The number of benzene rings is 2. The van der Waals surface area contributed by atoms with Gasteiger partial charge in [0.1, 0.15) is 11.5 Å². The summed E-state index contributed by atoms with van der Waals surface area (Å²) in [5.41, 5.74) is 1.65. The van der Waals surface area contributed by atoms with Gasteiger partial charge < -0.3 is 14.7 Å². The Hall–Kier alpha value is -2.74. The normalized spacial score (nSPS) is 15.3. The summed E-state index contributed by atoms with van der Waals surface area (Å²) in [7, 11) is 0. The predicted molar refractivity (Wildman–Crippen MR) is 101 cm³/mol. The summed E-state index contributed by atoms with van der Waals surface area (Å²) < 4.78 is 40.5. The third kappa shape index (κ3) is 6.39. The maximum Gasteiger partial charge on any atom is 0.573 e. The molecular formula is C21H23F3N2O3. The predicted octanol–water partition coefficient (Wildman–Crippen LogP) is 3.57. The third-order valence-electron chi connectivity index (χ3n) is 4.89. The Labute approximate surface area is 167 Å². The zero-order valence-corrected chi connectivity index (χ0v) is 15.9. The second-order valence-electron chi connectivity index (χ2n) is 6.98. The van der Waals surface area contributed by atoms with Crippen LogP contribution in [0.1, 0.15) is 17.5 Å². The average Bonchev–Trinajstić information content (AvgIpc) is 2.68. The fourth-order valence-corrected chi connectivity index (χ4v) is 3.33. The highest BCUT2D eigenvalue weighted by Crippen LogP contribution is 2.23. The van der Waals surface area contributed by atoms with Gasteiger partial charge in [0.2, 0.25) is 5.91 Å². The van der Waals surface area contributed by atoms with Gasteiger partial charge in [-0.3, -0.25) is 9.69 Å². The van der Waals surface area contributed by atoms with Crippen molar-refractivity contribution in [2.24, 2.45) is 0 Å². The number of carbonyl (C=O) groups is 1. The second kappa shape index (κ2) is 9.17. The summed E-state index contributed by atoms with van der Waals surface area (Å²) >= 11 is 0. The summed E-state index contributed by atoms with van der Waals surface area (Å²) in [6, 6.07) is 12.8. The van der Waals surface area contributed by atoms with Crippen molar-refractivity contribution < 1.29 is 27.8 Å². The molecule has 1 amide bonds. The van der Waals surface area contributed by atoms with Crippen molar-refractivity contribution in [1.82, 2.24) is 9.80 Å². The molecule has 0 spiro atoms. The molecule has 8 heteroatoms. The van der Waals surface area contributed by atoms with Gasteiger partial charge in [0.25, 0.3) is 0 Å². The first-order valence-corrected chi connectivity index (χ1v) is 9.42. The lowest BCUT2D eigenvalue weighted by molar-refractivity contribution is -0.274. The number of halogens is 3. The molecule has 0 aliphatic carbocycles. The van der Waals surface area contributed by atoms with Crippen LogP contribution in [0.5, 0.6) is 11.5 Å². The van der Waals surface area contributed by atoms with Crippen molar-refractivity contribution in [1.29, 1.82) is 0 Å². The van der Waals surface area contributed by atoms with E-state index in [0.717, 1.165) is 11.1 Å². The second-order valence-corrected chi connectivity index (χ2v) is 6.98. The van der Waals surface area contributed by atoms with Crippen LogP contribution in [0.25, 0.3) is 0 Å². The Balaban J connectivity index is 1.43. The van der Waals surface area contributed by atoms with E-state index < -0.39 is 6.36 Å². The van der Waals surface area contributed by atoms with Gasteiger partial charge >= 0.3 is 6.36 Å². The molecule has 0 aromatic heterocycles. The van der Waals surface area contributed by atoms with E-state index in [4.69, 9.17) is 0 Å². The van der Waals surface area contributed by atoms with Crippen LogP contribution in [0.15, 0.2) is 48.5 Å². The van der Waals surface area contributed by atoms with E-state index in [9.17, 15) is 23.1 Å². The standard InChI is InChI=1S/C21H23F3N2O3/c22-21(23,24)29-18-8-5-16(6-9-18)15-25-11-13-26(14-12-25)20(28)10-7-17-3-1-2-4-19(17)27/h1-6,8-9,27H,7,10-15H2. The Kier molecular flexibility index (Phi) is 6.64. The fourth-order valence-electron chi connectivity index (χ4n) is 3.33. The molecule has 3 rings (SSSR count). The molecule has 1 aliphatic heterocycles. The van der Waals surface area contributed by atoms with Gasteiger partial charge in [0, 0.05) is 39.1 Å². The van der Waals surface area contributed by atoms with Crippen LogP contribution in [0, 0.1) is 0 Å². The molecule has 1 fully saturated rings. The summed E-state index contributed by atoms with van der Waals surface area (Å²) in [5.74, 6) is 0.0273. The quantitative estimate of drug-likeness (QED) is 0.794. The highest BCUT2D eigenvalue weighted by Gasteiger charge is 2.31. The lowest BCUT2D eigenvalue weighted by Crippen LogP contribution is -2.48. The van der Waals surface area contributed by atoms with E-state index in [-0.39, 0.29) is 17.4 Å². The molecular weight excluding hydrogens is 385 g/mol. The molecule has 1 heterocycles. The number of hydrogen-bond acceptors (Lipinski definition) is 4. The maximum absolute atomic E-state index is 12.4. The minimum absolute atomic E-state index is 0.0570. The van der Waals surface area contributed by atoms with Gasteiger partial charge in [0.15, 0.2) is 0 Å². The molecule has 29 heavy (non-hydrogen) atoms. The number of ether oxygens (including phenoxy) is 1. The van der Waals surface area contributed by atoms with Crippen LogP contribution >= 0.6 is 0 Å². The smallest absolute Gasteiger partial charge is 0.508 e. The number of phenols is 1. The topological polar surface area (TPSA) is 53.0 Å². The maximum atomic E-state index is 12.4.